The maximum Gasteiger partial charge on any atom is 0.132 e. The first kappa shape index (κ1) is 13.5. The Morgan fingerprint density at radius 2 is 2.22 bits per heavy atom. The van der Waals surface area contributed by atoms with E-state index in [1.54, 1.807) is 6.07 Å². The van der Waals surface area contributed by atoms with Crippen LogP contribution >= 0.6 is 27.5 Å². The minimum Gasteiger partial charge on any atom is -0.330 e. The second-order valence-electron chi connectivity index (χ2n) is 3.89. The number of hydrogen-bond donors (Lipinski definition) is 1. The molecule has 0 saturated carbocycles. The molecular formula is C12H12BrClFN3. The lowest BCUT2D eigenvalue weighted by Crippen LogP contribution is -2.08. The number of hydrogen-bond acceptors (Lipinski definition) is 2. The maximum absolute atomic E-state index is 13.9. The van der Waals surface area contributed by atoms with Crippen LogP contribution in [0.5, 0.6) is 0 Å². The molecule has 0 amide bonds. The maximum atomic E-state index is 13.9. The van der Waals surface area contributed by atoms with Gasteiger partial charge in [0, 0.05) is 24.1 Å². The molecule has 6 heteroatoms. The predicted octanol–water partition coefficient (Wildman–Crippen LogP) is 3.14. The van der Waals surface area contributed by atoms with Crippen LogP contribution in [0, 0.1) is 5.82 Å². The van der Waals surface area contributed by atoms with E-state index < -0.39 is 0 Å². The van der Waals surface area contributed by atoms with Crippen LogP contribution in [0.2, 0.25) is 5.02 Å². The van der Waals surface area contributed by atoms with E-state index in [0.29, 0.717) is 33.8 Å². The summed E-state index contributed by atoms with van der Waals surface area (Å²) in [6.45, 7) is 0.495. The molecule has 0 aliphatic rings. The van der Waals surface area contributed by atoms with Gasteiger partial charge in [-0.15, -0.1) is 0 Å². The molecule has 18 heavy (non-hydrogen) atoms. The van der Waals surface area contributed by atoms with Crippen LogP contribution < -0.4 is 5.73 Å². The first-order valence-electron chi connectivity index (χ1n) is 5.41. The highest BCUT2D eigenvalue weighted by Crippen LogP contribution is 2.32. The molecule has 0 spiro atoms. The normalized spacial score (nSPS) is 10.9. The fourth-order valence-corrected chi connectivity index (χ4v) is 2.69. The Morgan fingerprint density at radius 3 is 2.89 bits per heavy atom. The molecule has 2 aromatic rings. The summed E-state index contributed by atoms with van der Waals surface area (Å²) in [5, 5.41) is 0.486. The Balaban J connectivity index is 2.60. The lowest BCUT2D eigenvalue weighted by atomic mass is 10.1. The van der Waals surface area contributed by atoms with E-state index in [4.69, 9.17) is 17.3 Å². The van der Waals surface area contributed by atoms with Crippen molar-refractivity contribution in [3.05, 3.63) is 39.5 Å². The molecule has 0 radical (unpaired) electrons. The Hall–Kier alpha value is -0.910. The molecular weight excluding hydrogens is 321 g/mol. The summed E-state index contributed by atoms with van der Waals surface area (Å²) in [7, 11) is 1.83. The summed E-state index contributed by atoms with van der Waals surface area (Å²) in [4.78, 5) is 4.34. The van der Waals surface area contributed by atoms with Gasteiger partial charge in [-0.1, -0.05) is 11.6 Å². The fourth-order valence-electron chi connectivity index (χ4n) is 1.83. The van der Waals surface area contributed by atoms with Crippen LogP contribution in [0.3, 0.4) is 0 Å². The second kappa shape index (κ2) is 5.38. The number of aromatic nitrogens is 2. The van der Waals surface area contributed by atoms with Crippen LogP contribution in [0.15, 0.2) is 22.8 Å². The van der Waals surface area contributed by atoms with Gasteiger partial charge in [-0.25, -0.2) is 9.37 Å². The third-order valence-corrected chi connectivity index (χ3v) is 3.48. The monoisotopic (exact) mass is 331 g/mol. The third-order valence-electron chi connectivity index (χ3n) is 2.70. The van der Waals surface area contributed by atoms with Crippen molar-refractivity contribution in [3.8, 4) is 11.3 Å². The Bertz CT molecular complexity index is 583. The molecule has 2 N–H and O–H groups in total. The van der Waals surface area contributed by atoms with Crippen LogP contribution in [0.25, 0.3) is 11.3 Å². The zero-order chi connectivity index (χ0) is 13.3. The Labute approximate surface area is 118 Å². The van der Waals surface area contributed by atoms with Crippen molar-refractivity contribution in [2.75, 3.05) is 6.54 Å². The van der Waals surface area contributed by atoms with Crippen LogP contribution in [0.1, 0.15) is 5.82 Å². The number of halogens is 3. The van der Waals surface area contributed by atoms with Crippen molar-refractivity contribution in [1.82, 2.24) is 9.55 Å². The third kappa shape index (κ3) is 2.43. The Kier molecular flexibility index (Phi) is 4.04. The Morgan fingerprint density at radius 1 is 1.50 bits per heavy atom. The molecule has 0 bridgehead atoms. The molecule has 0 atom stereocenters. The molecule has 1 heterocycles. The van der Waals surface area contributed by atoms with Gasteiger partial charge in [0.25, 0.3) is 0 Å². The van der Waals surface area contributed by atoms with Gasteiger partial charge in [0.2, 0.25) is 0 Å². The molecule has 96 valence electrons. The van der Waals surface area contributed by atoms with Gasteiger partial charge in [-0.3, -0.25) is 0 Å². The minimum absolute atomic E-state index is 0.331. The topological polar surface area (TPSA) is 43.8 Å². The van der Waals surface area contributed by atoms with Gasteiger partial charge in [-0.05, 0) is 40.7 Å². The summed E-state index contributed by atoms with van der Waals surface area (Å²) < 4.78 is 16.3. The van der Waals surface area contributed by atoms with Gasteiger partial charge in [0.05, 0.1) is 5.69 Å². The number of benzene rings is 1. The first-order chi connectivity index (χ1) is 8.54. The zero-order valence-electron chi connectivity index (χ0n) is 9.75. The minimum atomic E-state index is -0.331. The van der Waals surface area contributed by atoms with Gasteiger partial charge in [-0.2, -0.15) is 0 Å². The van der Waals surface area contributed by atoms with E-state index in [1.807, 2.05) is 11.6 Å². The SMILES string of the molecule is Cn1c(CCN)nc(Br)c1-c1cc(Cl)ccc1F. The van der Waals surface area contributed by atoms with Crippen LogP contribution in [-0.4, -0.2) is 16.1 Å². The van der Waals surface area contributed by atoms with Crippen molar-refractivity contribution < 1.29 is 4.39 Å². The lowest BCUT2D eigenvalue weighted by Gasteiger charge is -2.07. The molecule has 1 aromatic heterocycles. The van der Waals surface area contributed by atoms with E-state index in [-0.39, 0.29) is 5.82 Å². The summed E-state index contributed by atoms with van der Waals surface area (Å²) in [6, 6.07) is 4.45. The quantitative estimate of drug-likeness (QED) is 0.938. The van der Waals surface area contributed by atoms with Crippen molar-refractivity contribution >= 4 is 27.5 Å². The number of nitrogens with zero attached hydrogens (tertiary/aromatic N) is 2. The zero-order valence-corrected chi connectivity index (χ0v) is 12.1. The fraction of sp³-hybridized carbons (Fsp3) is 0.250. The van der Waals surface area contributed by atoms with E-state index in [1.165, 1.54) is 12.1 Å². The summed E-state index contributed by atoms with van der Waals surface area (Å²) in [5.41, 5.74) is 6.61. The van der Waals surface area contributed by atoms with Crippen molar-refractivity contribution in [2.45, 2.75) is 6.42 Å². The van der Waals surface area contributed by atoms with E-state index >= 15 is 0 Å². The average Bonchev–Trinajstić information content (AvgIpc) is 2.59. The largest absolute Gasteiger partial charge is 0.330 e. The van der Waals surface area contributed by atoms with E-state index in [9.17, 15) is 4.39 Å². The molecule has 1 aromatic carbocycles. The predicted molar refractivity (Wildman–Crippen MR) is 74.1 cm³/mol. The highest BCUT2D eigenvalue weighted by molar-refractivity contribution is 9.10. The summed E-state index contributed by atoms with van der Waals surface area (Å²) in [5.74, 6) is 0.473. The number of nitrogens with two attached hydrogens (primary N) is 1. The van der Waals surface area contributed by atoms with Crippen molar-refractivity contribution in [2.24, 2.45) is 12.8 Å². The highest BCUT2D eigenvalue weighted by atomic mass is 79.9. The van der Waals surface area contributed by atoms with Gasteiger partial charge < -0.3 is 10.3 Å². The molecule has 0 unspecified atom stereocenters. The number of imidazole rings is 1. The second-order valence-corrected chi connectivity index (χ2v) is 5.08. The average molecular weight is 333 g/mol. The molecule has 2 rings (SSSR count). The van der Waals surface area contributed by atoms with E-state index in [0.717, 1.165) is 5.82 Å². The summed E-state index contributed by atoms with van der Waals surface area (Å²) in [6.07, 6.45) is 0.636. The molecule has 0 aliphatic heterocycles. The van der Waals surface area contributed by atoms with Gasteiger partial charge in [0.15, 0.2) is 0 Å². The standard InChI is InChI=1S/C12H12BrClFN3/c1-18-10(4-5-16)17-12(13)11(18)8-6-7(14)2-3-9(8)15/h2-3,6H,4-5,16H2,1H3. The summed E-state index contributed by atoms with van der Waals surface area (Å²) >= 11 is 9.26. The van der Waals surface area contributed by atoms with Crippen LogP contribution in [-0.2, 0) is 13.5 Å². The van der Waals surface area contributed by atoms with E-state index in [2.05, 4.69) is 20.9 Å². The highest BCUT2D eigenvalue weighted by Gasteiger charge is 2.17. The van der Waals surface area contributed by atoms with Crippen molar-refractivity contribution in [3.63, 3.8) is 0 Å². The first-order valence-corrected chi connectivity index (χ1v) is 6.58. The van der Waals surface area contributed by atoms with Crippen LogP contribution in [0.4, 0.5) is 4.39 Å². The molecule has 0 aliphatic carbocycles. The molecule has 0 saturated heterocycles. The molecule has 3 nitrogen and oxygen atoms in total. The van der Waals surface area contributed by atoms with Crippen molar-refractivity contribution in [1.29, 1.82) is 0 Å². The van der Waals surface area contributed by atoms with Gasteiger partial charge >= 0.3 is 0 Å². The lowest BCUT2D eigenvalue weighted by molar-refractivity contribution is 0.629. The van der Waals surface area contributed by atoms with Gasteiger partial charge in [0.1, 0.15) is 16.2 Å². The molecule has 0 fully saturated rings. The number of rotatable bonds is 3. The smallest absolute Gasteiger partial charge is 0.132 e.